The highest BCUT2D eigenvalue weighted by molar-refractivity contribution is 9.10. The van der Waals surface area contributed by atoms with Crippen molar-refractivity contribution in [2.75, 3.05) is 5.73 Å². The predicted octanol–water partition coefficient (Wildman–Crippen LogP) is 2.34. The second kappa shape index (κ2) is 4.17. The van der Waals surface area contributed by atoms with Crippen LogP contribution < -0.4 is 5.73 Å². The van der Waals surface area contributed by atoms with Crippen molar-refractivity contribution in [3.8, 4) is 11.3 Å². The van der Waals surface area contributed by atoms with Gasteiger partial charge in [-0.25, -0.2) is 4.68 Å². The van der Waals surface area contributed by atoms with Gasteiger partial charge >= 0.3 is 5.69 Å². The second-order valence-electron chi connectivity index (χ2n) is 3.47. The molecule has 0 saturated heterocycles. The molecular formula is C10H9BrN4O2. The Hall–Kier alpha value is -1.89. The van der Waals surface area contributed by atoms with Crippen molar-refractivity contribution in [1.29, 1.82) is 0 Å². The molecule has 0 aliphatic carbocycles. The average molecular weight is 297 g/mol. The maximum atomic E-state index is 11.0. The summed E-state index contributed by atoms with van der Waals surface area (Å²) in [7, 11) is 1.57. The van der Waals surface area contributed by atoms with Crippen molar-refractivity contribution >= 4 is 27.4 Å². The normalized spacial score (nSPS) is 10.5. The van der Waals surface area contributed by atoms with Crippen LogP contribution in [0.5, 0.6) is 0 Å². The monoisotopic (exact) mass is 296 g/mol. The fraction of sp³-hybridized carbons (Fsp3) is 0.100. The van der Waals surface area contributed by atoms with Crippen LogP contribution in [-0.4, -0.2) is 14.7 Å². The lowest BCUT2D eigenvalue weighted by atomic mass is 10.1. The van der Waals surface area contributed by atoms with E-state index in [1.165, 1.54) is 4.68 Å². The molecule has 2 rings (SSSR count). The molecular weight excluding hydrogens is 288 g/mol. The average Bonchev–Trinajstić information content (AvgIpc) is 2.56. The summed E-state index contributed by atoms with van der Waals surface area (Å²) in [5.41, 5.74) is 6.40. The molecule has 0 radical (unpaired) electrons. The molecule has 0 spiro atoms. The maximum Gasteiger partial charge on any atom is 0.338 e. The number of aryl methyl sites for hydroxylation is 1. The van der Waals surface area contributed by atoms with E-state index in [1.807, 2.05) is 0 Å². The Morgan fingerprint density at radius 3 is 2.53 bits per heavy atom. The molecule has 1 heterocycles. The van der Waals surface area contributed by atoms with E-state index in [0.717, 1.165) is 4.47 Å². The molecule has 0 fully saturated rings. The van der Waals surface area contributed by atoms with Crippen molar-refractivity contribution < 1.29 is 4.92 Å². The zero-order valence-corrected chi connectivity index (χ0v) is 10.5. The predicted molar refractivity (Wildman–Crippen MR) is 67.4 cm³/mol. The number of benzene rings is 1. The molecule has 1 aromatic carbocycles. The summed E-state index contributed by atoms with van der Waals surface area (Å²) in [6.07, 6.45) is 0. The van der Waals surface area contributed by atoms with E-state index in [0.29, 0.717) is 5.56 Å². The largest absolute Gasteiger partial charge is 0.378 e. The molecule has 6 nitrogen and oxygen atoms in total. The van der Waals surface area contributed by atoms with Crippen molar-refractivity contribution in [3.63, 3.8) is 0 Å². The lowest BCUT2D eigenvalue weighted by Gasteiger charge is -1.96. The van der Waals surface area contributed by atoms with Gasteiger partial charge in [0.1, 0.15) is 0 Å². The first-order valence-electron chi connectivity index (χ1n) is 4.73. The molecule has 0 bridgehead atoms. The zero-order chi connectivity index (χ0) is 12.6. The molecule has 1 aromatic heterocycles. The van der Waals surface area contributed by atoms with Crippen LogP contribution in [0.4, 0.5) is 11.5 Å². The number of rotatable bonds is 2. The van der Waals surface area contributed by atoms with E-state index < -0.39 is 4.92 Å². The van der Waals surface area contributed by atoms with Crippen molar-refractivity contribution in [2.45, 2.75) is 0 Å². The van der Waals surface area contributed by atoms with Crippen LogP contribution in [0, 0.1) is 10.1 Å². The van der Waals surface area contributed by atoms with Gasteiger partial charge in [0.2, 0.25) is 5.82 Å². The van der Waals surface area contributed by atoms with Gasteiger partial charge in [-0.1, -0.05) is 28.1 Å². The van der Waals surface area contributed by atoms with E-state index >= 15 is 0 Å². The second-order valence-corrected chi connectivity index (χ2v) is 4.39. The van der Waals surface area contributed by atoms with E-state index in [1.54, 1.807) is 31.3 Å². The van der Waals surface area contributed by atoms with E-state index in [2.05, 4.69) is 21.0 Å². The van der Waals surface area contributed by atoms with Gasteiger partial charge in [0.15, 0.2) is 5.69 Å². The minimum atomic E-state index is -0.514. The van der Waals surface area contributed by atoms with E-state index in [9.17, 15) is 10.1 Å². The summed E-state index contributed by atoms with van der Waals surface area (Å²) in [4.78, 5) is 10.4. The number of anilines is 1. The standard InChI is InChI=1S/C10H9BrN4O2/c1-14-10(12)9(15(16)17)8(13-14)6-2-4-7(11)5-3-6/h2-5H,12H2,1H3. The van der Waals surface area contributed by atoms with Gasteiger partial charge < -0.3 is 5.73 Å². The highest BCUT2D eigenvalue weighted by Gasteiger charge is 2.25. The third-order valence-corrected chi connectivity index (χ3v) is 2.89. The Balaban J connectivity index is 2.63. The third-order valence-electron chi connectivity index (χ3n) is 2.37. The number of nitrogen functional groups attached to an aromatic ring is 1. The number of aromatic nitrogens is 2. The van der Waals surface area contributed by atoms with Crippen LogP contribution in [0.1, 0.15) is 0 Å². The van der Waals surface area contributed by atoms with Gasteiger partial charge in [-0.3, -0.25) is 10.1 Å². The molecule has 0 unspecified atom stereocenters. The summed E-state index contributed by atoms with van der Waals surface area (Å²) >= 11 is 3.30. The Labute approximate surface area is 105 Å². The Bertz CT molecular complexity index is 577. The summed E-state index contributed by atoms with van der Waals surface area (Å²) in [6.45, 7) is 0. The molecule has 0 saturated carbocycles. The van der Waals surface area contributed by atoms with Crippen LogP contribution in [-0.2, 0) is 7.05 Å². The van der Waals surface area contributed by atoms with Crippen LogP contribution in [0.15, 0.2) is 28.7 Å². The number of nitrogens with two attached hydrogens (primary N) is 1. The molecule has 2 N–H and O–H groups in total. The first-order chi connectivity index (χ1) is 8.00. The number of halogens is 1. The summed E-state index contributed by atoms with van der Waals surface area (Å²) in [5, 5.41) is 15.0. The van der Waals surface area contributed by atoms with Gasteiger partial charge in [-0.2, -0.15) is 5.10 Å². The summed E-state index contributed by atoms with van der Waals surface area (Å²) in [5.74, 6) is 0.0490. The van der Waals surface area contributed by atoms with E-state index in [-0.39, 0.29) is 17.2 Å². The number of nitro groups is 1. The molecule has 0 atom stereocenters. The Morgan fingerprint density at radius 1 is 1.41 bits per heavy atom. The van der Waals surface area contributed by atoms with E-state index in [4.69, 9.17) is 5.73 Å². The van der Waals surface area contributed by atoms with Crippen LogP contribution in [0.2, 0.25) is 0 Å². The highest BCUT2D eigenvalue weighted by Crippen LogP contribution is 2.33. The molecule has 0 aliphatic heterocycles. The Kier molecular flexibility index (Phi) is 2.84. The lowest BCUT2D eigenvalue weighted by molar-refractivity contribution is -0.383. The molecule has 0 amide bonds. The number of hydrogen-bond donors (Lipinski definition) is 1. The summed E-state index contributed by atoms with van der Waals surface area (Å²) < 4.78 is 2.20. The molecule has 7 heteroatoms. The Morgan fingerprint density at radius 2 is 2.00 bits per heavy atom. The topological polar surface area (TPSA) is 87.0 Å². The van der Waals surface area contributed by atoms with Gasteiger partial charge in [0, 0.05) is 17.1 Å². The minimum absolute atomic E-state index is 0.0490. The summed E-state index contributed by atoms with van der Waals surface area (Å²) in [6, 6.07) is 7.09. The van der Waals surface area contributed by atoms with Crippen molar-refractivity contribution in [1.82, 2.24) is 9.78 Å². The van der Waals surface area contributed by atoms with Crippen molar-refractivity contribution in [3.05, 3.63) is 38.9 Å². The van der Waals surface area contributed by atoms with Gasteiger partial charge in [0.25, 0.3) is 0 Å². The van der Waals surface area contributed by atoms with Crippen LogP contribution in [0.3, 0.4) is 0 Å². The van der Waals surface area contributed by atoms with Gasteiger partial charge in [-0.05, 0) is 12.1 Å². The SMILES string of the molecule is Cn1nc(-c2ccc(Br)cc2)c([N+](=O)[O-])c1N. The number of nitrogens with zero attached hydrogens (tertiary/aromatic N) is 3. The third kappa shape index (κ3) is 2.01. The van der Waals surface area contributed by atoms with Crippen LogP contribution >= 0.6 is 15.9 Å². The first-order valence-corrected chi connectivity index (χ1v) is 5.53. The smallest absolute Gasteiger partial charge is 0.338 e. The molecule has 17 heavy (non-hydrogen) atoms. The highest BCUT2D eigenvalue weighted by atomic mass is 79.9. The minimum Gasteiger partial charge on any atom is -0.378 e. The van der Waals surface area contributed by atoms with Crippen LogP contribution in [0.25, 0.3) is 11.3 Å². The molecule has 88 valence electrons. The van der Waals surface area contributed by atoms with Gasteiger partial charge in [-0.15, -0.1) is 0 Å². The zero-order valence-electron chi connectivity index (χ0n) is 8.92. The molecule has 0 aliphatic rings. The quantitative estimate of drug-likeness (QED) is 0.680. The first kappa shape index (κ1) is 11.6. The fourth-order valence-corrected chi connectivity index (χ4v) is 1.77. The molecule has 2 aromatic rings. The number of hydrogen-bond acceptors (Lipinski definition) is 4. The lowest BCUT2D eigenvalue weighted by Crippen LogP contribution is -1.99. The maximum absolute atomic E-state index is 11.0. The van der Waals surface area contributed by atoms with Gasteiger partial charge in [0.05, 0.1) is 4.92 Å². The van der Waals surface area contributed by atoms with Crippen molar-refractivity contribution in [2.24, 2.45) is 7.05 Å². The fourth-order valence-electron chi connectivity index (χ4n) is 1.51.